The van der Waals surface area contributed by atoms with E-state index in [0.29, 0.717) is 0 Å². The molecular weight excluding hydrogens is 300 g/mol. The molecule has 9 heteroatoms. The van der Waals surface area contributed by atoms with Gasteiger partial charge in [-0.05, 0) is 18.9 Å². The summed E-state index contributed by atoms with van der Waals surface area (Å²) >= 11 is 0. The number of esters is 1. The summed E-state index contributed by atoms with van der Waals surface area (Å²) in [4.78, 5) is 21.6. The third kappa shape index (κ3) is 4.23. The number of rotatable bonds is 5. The highest BCUT2D eigenvalue weighted by molar-refractivity contribution is 7.89. The maximum Gasteiger partial charge on any atom is 0.338 e. The number of nitro groups is 1. The van der Waals surface area contributed by atoms with Crippen LogP contribution in [0.3, 0.4) is 0 Å². The van der Waals surface area contributed by atoms with E-state index < -0.39 is 31.5 Å². The van der Waals surface area contributed by atoms with Crippen molar-refractivity contribution in [2.24, 2.45) is 11.1 Å². The highest BCUT2D eigenvalue weighted by Gasteiger charge is 2.24. The molecule has 0 radical (unpaired) electrons. The quantitative estimate of drug-likeness (QED) is 0.496. The fourth-order valence-electron chi connectivity index (χ4n) is 1.56. The molecule has 0 bridgehead atoms. The minimum absolute atomic E-state index is 0.0288. The topological polar surface area (TPSA) is 130 Å². The van der Waals surface area contributed by atoms with Crippen molar-refractivity contribution in [2.45, 2.75) is 25.7 Å². The van der Waals surface area contributed by atoms with E-state index in [1.165, 1.54) is 6.92 Å². The lowest BCUT2D eigenvalue weighted by Crippen LogP contribution is -2.16. The molecule has 0 fully saturated rings. The SMILES string of the molecule is Cc1c(C(=O)OCC(C)C)cc(S(N)(=O)=O)cc1[N+](=O)[O-]. The van der Waals surface area contributed by atoms with Crippen molar-refractivity contribution in [3.63, 3.8) is 0 Å². The van der Waals surface area contributed by atoms with Gasteiger partial charge in [-0.15, -0.1) is 0 Å². The fourth-order valence-corrected chi connectivity index (χ4v) is 2.12. The van der Waals surface area contributed by atoms with E-state index in [2.05, 4.69) is 0 Å². The van der Waals surface area contributed by atoms with Crippen molar-refractivity contribution >= 4 is 21.7 Å². The highest BCUT2D eigenvalue weighted by Crippen LogP contribution is 2.26. The molecule has 0 saturated heterocycles. The Balaban J connectivity index is 3.40. The van der Waals surface area contributed by atoms with E-state index in [-0.39, 0.29) is 23.7 Å². The molecule has 0 atom stereocenters. The van der Waals surface area contributed by atoms with Crippen LogP contribution in [0.1, 0.15) is 29.8 Å². The molecule has 0 heterocycles. The van der Waals surface area contributed by atoms with Crippen LogP contribution >= 0.6 is 0 Å². The summed E-state index contributed by atoms with van der Waals surface area (Å²) in [6.45, 7) is 5.11. The van der Waals surface area contributed by atoms with Gasteiger partial charge < -0.3 is 4.74 Å². The zero-order chi connectivity index (χ0) is 16.4. The summed E-state index contributed by atoms with van der Waals surface area (Å²) in [7, 11) is -4.18. The van der Waals surface area contributed by atoms with Gasteiger partial charge in [0.25, 0.3) is 5.69 Å². The summed E-state index contributed by atoms with van der Waals surface area (Å²) in [5.74, 6) is -0.750. The lowest BCUT2D eigenvalue weighted by atomic mass is 10.1. The molecule has 8 nitrogen and oxygen atoms in total. The number of nitrogens with zero attached hydrogens (tertiary/aromatic N) is 1. The minimum Gasteiger partial charge on any atom is -0.462 e. The van der Waals surface area contributed by atoms with Crippen LogP contribution in [-0.4, -0.2) is 25.9 Å². The summed E-state index contributed by atoms with van der Waals surface area (Å²) in [5.41, 5.74) is -0.659. The number of sulfonamides is 1. The molecule has 1 aromatic rings. The lowest BCUT2D eigenvalue weighted by Gasteiger charge is -2.10. The Morgan fingerprint density at radius 2 is 2.00 bits per heavy atom. The molecule has 0 spiro atoms. The van der Waals surface area contributed by atoms with Gasteiger partial charge >= 0.3 is 5.97 Å². The van der Waals surface area contributed by atoms with Crippen LogP contribution < -0.4 is 5.14 Å². The first-order valence-electron chi connectivity index (χ1n) is 6.03. The van der Waals surface area contributed by atoms with E-state index >= 15 is 0 Å². The smallest absolute Gasteiger partial charge is 0.338 e. The maximum atomic E-state index is 11.9. The molecule has 0 aromatic heterocycles. The molecule has 0 amide bonds. The first-order valence-corrected chi connectivity index (χ1v) is 7.57. The van der Waals surface area contributed by atoms with Crippen molar-refractivity contribution in [3.8, 4) is 0 Å². The largest absolute Gasteiger partial charge is 0.462 e. The average Bonchev–Trinajstić information content (AvgIpc) is 2.34. The zero-order valence-corrected chi connectivity index (χ0v) is 12.6. The molecule has 0 saturated carbocycles. The molecule has 0 aliphatic rings. The zero-order valence-electron chi connectivity index (χ0n) is 11.8. The van der Waals surface area contributed by atoms with Crippen molar-refractivity contribution in [2.75, 3.05) is 6.61 Å². The van der Waals surface area contributed by atoms with Gasteiger partial charge in [0.05, 0.1) is 22.0 Å². The predicted molar refractivity (Wildman–Crippen MR) is 74.3 cm³/mol. The van der Waals surface area contributed by atoms with E-state index in [1.807, 2.05) is 13.8 Å². The third-order valence-corrected chi connectivity index (χ3v) is 3.54. The molecule has 2 N–H and O–H groups in total. The summed E-state index contributed by atoms with van der Waals surface area (Å²) in [5, 5.41) is 15.9. The molecule has 0 aliphatic carbocycles. The highest BCUT2D eigenvalue weighted by atomic mass is 32.2. The second-order valence-corrected chi connectivity index (χ2v) is 6.47. The van der Waals surface area contributed by atoms with Crippen LogP contribution in [0.25, 0.3) is 0 Å². The number of nitro benzene ring substituents is 1. The Morgan fingerprint density at radius 3 is 2.43 bits per heavy atom. The summed E-state index contributed by atoms with van der Waals surface area (Å²) in [6.07, 6.45) is 0. The standard InChI is InChI=1S/C12H16N2O6S/c1-7(2)6-20-12(15)10-4-9(21(13,18)19)5-11(8(10)3)14(16)17/h4-5,7H,6H2,1-3H3,(H2,13,18,19). The average molecular weight is 316 g/mol. The normalized spacial score (nSPS) is 11.5. The number of carbonyl (C=O) groups is 1. The van der Waals surface area contributed by atoms with Gasteiger partial charge in [-0.1, -0.05) is 13.8 Å². The van der Waals surface area contributed by atoms with E-state index in [4.69, 9.17) is 9.88 Å². The molecule has 116 valence electrons. The lowest BCUT2D eigenvalue weighted by molar-refractivity contribution is -0.385. The van der Waals surface area contributed by atoms with Crippen LogP contribution in [0.2, 0.25) is 0 Å². The molecular formula is C12H16N2O6S. The number of benzene rings is 1. The Bertz CT molecular complexity index is 681. The van der Waals surface area contributed by atoms with E-state index in [9.17, 15) is 23.3 Å². The Kier molecular flexibility index (Phi) is 5.02. The number of hydrogen-bond acceptors (Lipinski definition) is 6. The minimum atomic E-state index is -4.18. The van der Waals surface area contributed by atoms with Crippen LogP contribution in [0.5, 0.6) is 0 Å². The van der Waals surface area contributed by atoms with E-state index in [0.717, 1.165) is 12.1 Å². The third-order valence-electron chi connectivity index (χ3n) is 2.65. The second kappa shape index (κ2) is 6.19. The van der Waals surface area contributed by atoms with Crippen molar-refractivity contribution in [1.29, 1.82) is 0 Å². The van der Waals surface area contributed by atoms with Crippen LogP contribution in [-0.2, 0) is 14.8 Å². The van der Waals surface area contributed by atoms with Gasteiger partial charge in [0.15, 0.2) is 0 Å². The molecule has 0 aliphatic heterocycles. The van der Waals surface area contributed by atoms with Gasteiger partial charge in [0.1, 0.15) is 0 Å². The fraction of sp³-hybridized carbons (Fsp3) is 0.417. The van der Waals surface area contributed by atoms with E-state index in [1.54, 1.807) is 0 Å². The number of carbonyl (C=O) groups excluding carboxylic acids is 1. The number of hydrogen-bond donors (Lipinski definition) is 1. The Morgan fingerprint density at radius 1 is 1.43 bits per heavy atom. The maximum absolute atomic E-state index is 11.9. The van der Waals surface area contributed by atoms with Gasteiger partial charge in [-0.3, -0.25) is 10.1 Å². The van der Waals surface area contributed by atoms with Crippen LogP contribution in [0, 0.1) is 23.0 Å². The van der Waals surface area contributed by atoms with Crippen LogP contribution in [0.15, 0.2) is 17.0 Å². The van der Waals surface area contributed by atoms with Crippen molar-refractivity contribution in [1.82, 2.24) is 0 Å². The van der Waals surface area contributed by atoms with Crippen molar-refractivity contribution < 1.29 is 22.9 Å². The van der Waals surface area contributed by atoms with Gasteiger partial charge in [0.2, 0.25) is 10.0 Å². The Hall–Kier alpha value is -2.00. The Labute approximate surface area is 122 Å². The molecule has 1 aromatic carbocycles. The molecule has 0 unspecified atom stereocenters. The van der Waals surface area contributed by atoms with Gasteiger partial charge in [-0.2, -0.15) is 0 Å². The molecule has 1 rings (SSSR count). The monoisotopic (exact) mass is 316 g/mol. The number of nitrogens with two attached hydrogens (primary N) is 1. The second-order valence-electron chi connectivity index (χ2n) is 4.91. The predicted octanol–water partition coefficient (Wildman–Crippen LogP) is 1.36. The van der Waals surface area contributed by atoms with Gasteiger partial charge in [0, 0.05) is 11.6 Å². The molecule has 21 heavy (non-hydrogen) atoms. The van der Waals surface area contributed by atoms with Crippen LogP contribution in [0.4, 0.5) is 5.69 Å². The van der Waals surface area contributed by atoms with Gasteiger partial charge in [-0.25, -0.2) is 18.4 Å². The first kappa shape index (κ1) is 17.1. The van der Waals surface area contributed by atoms with Crippen molar-refractivity contribution in [3.05, 3.63) is 33.4 Å². The first-order chi connectivity index (χ1) is 9.54. The number of ether oxygens (including phenoxy) is 1. The summed E-state index contributed by atoms with van der Waals surface area (Å²) in [6, 6.07) is 1.81. The number of primary sulfonamides is 1. The summed E-state index contributed by atoms with van der Waals surface area (Å²) < 4.78 is 27.7.